The molecule has 0 aliphatic carbocycles. The minimum atomic E-state index is -0.944. The second-order valence-electron chi connectivity index (χ2n) is 5.55. The Morgan fingerprint density at radius 2 is 1.95 bits per heavy atom. The van der Waals surface area contributed by atoms with Gasteiger partial charge >= 0.3 is 0 Å². The maximum atomic E-state index is 13.6. The molecule has 1 aromatic rings. The maximum absolute atomic E-state index is 13.6. The van der Waals surface area contributed by atoms with Gasteiger partial charge in [-0.25, -0.2) is 8.78 Å². The lowest BCUT2D eigenvalue weighted by molar-refractivity contribution is -0.132. The summed E-state index contributed by atoms with van der Waals surface area (Å²) < 4.78 is 26.8. The molecule has 1 aliphatic rings. The molecule has 1 unspecified atom stereocenters. The average molecular weight is 312 g/mol. The zero-order chi connectivity index (χ0) is 16.1. The van der Waals surface area contributed by atoms with Crippen LogP contribution in [0.15, 0.2) is 18.2 Å². The molecule has 1 fully saturated rings. The van der Waals surface area contributed by atoms with E-state index in [4.69, 9.17) is 0 Å². The molecule has 1 N–H and O–H groups in total. The molecule has 0 radical (unpaired) electrons. The van der Waals surface area contributed by atoms with Crippen LogP contribution >= 0.6 is 0 Å². The van der Waals surface area contributed by atoms with Crippen molar-refractivity contribution in [2.75, 3.05) is 32.8 Å². The lowest BCUT2D eigenvalue weighted by Crippen LogP contribution is -2.53. The molecule has 22 heavy (non-hydrogen) atoms. The fourth-order valence-electron chi connectivity index (χ4n) is 2.80. The molecule has 0 bridgehead atoms. The standard InChI is InChI=1S/C16H22F2N2O2/c1-2-13(11-21)19-6-8-20(9-7-19)15(22)10-12-4-3-5-14(17)16(12)18/h3-5,13,21H,2,6-11H2,1H3. The van der Waals surface area contributed by atoms with Gasteiger partial charge in [-0.1, -0.05) is 19.1 Å². The molecule has 1 heterocycles. The van der Waals surface area contributed by atoms with Crippen molar-refractivity contribution in [2.24, 2.45) is 0 Å². The number of hydrogen-bond acceptors (Lipinski definition) is 3. The number of rotatable bonds is 5. The first-order chi connectivity index (χ1) is 10.6. The van der Waals surface area contributed by atoms with Crippen LogP contribution in [-0.4, -0.2) is 59.6 Å². The first-order valence-electron chi connectivity index (χ1n) is 7.62. The summed E-state index contributed by atoms with van der Waals surface area (Å²) >= 11 is 0. The summed E-state index contributed by atoms with van der Waals surface area (Å²) in [7, 11) is 0. The van der Waals surface area contributed by atoms with Gasteiger partial charge in [0.15, 0.2) is 11.6 Å². The van der Waals surface area contributed by atoms with Crippen LogP contribution in [0.1, 0.15) is 18.9 Å². The Balaban J connectivity index is 1.91. The summed E-state index contributed by atoms with van der Waals surface area (Å²) in [5.41, 5.74) is 0.0919. The highest BCUT2D eigenvalue weighted by molar-refractivity contribution is 5.79. The molecule has 4 nitrogen and oxygen atoms in total. The van der Waals surface area contributed by atoms with E-state index >= 15 is 0 Å². The van der Waals surface area contributed by atoms with E-state index in [1.807, 2.05) is 6.92 Å². The largest absolute Gasteiger partial charge is 0.395 e. The molecule has 6 heteroatoms. The summed E-state index contributed by atoms with van der Waals surface area (Å²) in [6.07, 6.45) is 0.736. The van der Waals surface area contributed by atoms with Gasteiger partial charge in [0.1, 0.15) is 0 Å². The van der Waals surface area contributed by atoms with Crippen molar-refractivity contribution in [3.63, 3.8) is 0 Å². The van der Waals surface area contributed by atoms with Crippen molar-refractivity contribution in [2.45, 2.75) is 25.8 Å². The summed E-state index contributed by atoms with van der Waals surface area (Å²) in [6.45, 7) is 4.61. The summed E-state index contributed by atoms with van der Waals surface area (Å²) in [5, 5.41) is 9.31. The fraction of sp³-hybridized carbons (Fsp3) is 0.562. The third kappa shape index (κ3) is 3.81. The SMILES string of the molecule is CCC(CO)N1CCN(C(=O)Cc2cccc(F)c2F)CC1. The van der Waals surface area contributed by atoms with E-state index < -0.39 is 11.6 Å². The van der Waals surface area contributed by atoms with Crippen LogP contribution in [0, 0.1) is 11.6 Å². The lowest BCUT2D eigenvalue weighted by atomic mass is 10.1. The van der Waals surface area contributed by atoms with Crippen LogP contribution in [0.5, 0.6) is 0 Å². The van der Waals surface area contributed by atoms with E-state index in [2.05, 4.69) is 4.90 Å². The monoisotopic (exact) mass is 312 g/mol. The number of carbonyl (C=O) groups excluding carboxylic acids is 1. The number of benzene rings is 1. The number of carbonyl (C=O) groups is 1. The quantitative estimate of drug-likeness (QED) is 0.894. The number of nitrogens with zero attached hydrogens (tertiary/aromatic N) is 2. The van der Waals surface area contributed by atoms with Gasteiger partial charge in [-0.2, -0.15) is 0 Å². The van der Waals surface area contributed by atoms with E-state index in [1.165, 1.54) is 12.1 Å². The minimum absolute atomic E-state index is 0.0919. The molecule has 1 aliphatic heterocycles. The van der Waals surface area contributed by atoms with Crippen LogP contribution in [0.25, 0.3) is 0 Å². The molecule has 0 aromatic heterocycles. The van der Waals surface area contributed by atoms with Gasteiger partial charge < -0.3 is 10.0 Å². The predicted octanol–water partition coefficient (Wildman–Crippen LogP) is 1.42. The lowest BCUT2D eigenvalue weighted by Gasteiger charge is -2.38. The van der Waals surface area contributed by atoms with Gasteiger partial charge in [0, 0.05) is 37.8 Å². The Bertz CT molecular complexity index is 513. The Labute approximate surface area is 129 Å². The highest BCUT2D eigenvalue weighted by atomic mass is 19.2. The summed E-state index contributed by atoms with van der Waals surface area (Å²) in [4.78, 5) is 16.0. The van der Waals surface area contributed by atoms with E-state index in [0.717, 1.165) is 12.5 Å². The van der Waals surface area contributed by atoms with Crippen LogP contribution in [-0.2, 0) is 11.2 Å². The summed E-state index contributed by atoms with van der Waals surface area (Å²) in [6, 6.07) is 4.01. The highest BCUT2D eigenvalue weighted by Crippen LogP contribution is 2.15. The Morgan fingerprint density at radius 3 is 2.55 bits per heavy atom. The highest BCUT2D eigenvalue weighted by Gasteiger charge is 2.25. The second kappa shape index (κ2) is 7.65. The number of hydrogen-bond donors (Lipinski definition) is 1. The van der Waals surface area contributed by atoms with Gasteiger partial charge in [-0.3, -0.25) is 9.69 Å². The number of aliphatic hydroxyl groups excluding tert-OH is 1. The minimum Gasteiger partial charge on any atom is -0.395 e. The number of halogens is 2. The number of piperazine rings is 1. The van der Waals surface area contributed by atoms with Crippen molar-refractivity contribution in [3.8, 4) is 0 Å². The van der Waals surface area contributed by atoms with Crippen molar-refractivity contribution >= 4 is 5.91 Å². The fourth-order valence-corrected chi connectivity index (χ4v) is 2.80. The zero-order valence-electron chi connectivity index (χ0n) is 12.8. The molecule has 1 amide bonds. The molecule has 1 atom stereocenters. The maximum Gasteiger partial charge on any atom is 0.227 e. The molecule has 0 spiro atoms. The first-order valence-corrected chi connectivity index (χ1v) is 7.62. The van der Waals surface area contributed by atoms with E-state index in [1.54, 1.807) is 4.90 Å². The molecule has 2 rings (SSSR count). The van der Waals surface area contributed by atoms with Gasteiger partial charge in [-0.05, 0) is 12.5 Å². The third-order valence-corrected chi connectivity index (χ3v) is 4.24. The van der Waals surface area contributed by atoms with Crippen LogP contribution < -0.4 is 0 Å². The molecule has 1 aromatic carbocycles. The summed E-state index contributed by atoms with van der Waals surface area (Å²) in [5.74, 6) is -2.06. The van der Waals surface area contributed by atoms with Gasteiger partial charge in [-0.15, -0.1) is 0 Å². The average Bonchev–Trinajstić information content (AvgIpc) is 2.53. The topological polar surface area (TPSA) is 43.8 Å². The van der Waals surface area contributed by atoms with Crippen molar-refractivity contribution < 1.29 is 18.7 Å². The van der Waals surface area contributed by atoms with Crippen LogP contribution in [0.2, 0.25) is 0 Å². The Hall–Kier alpha value is -1.53. The van der Waals surface area contributed by atoms with E-state index in [-0.39, 0.29) is 30.5 Å². The smallest absolute Gasteiger partial charge is 0.227 e. The normalized spacial score (nSPS) is 17.5. The molecular weight excluding hydrogens is 290 g/mol. The molecule has 1 saturated heterocycles. The first kappa shape index (κ1) is 16.8. The van der Waals surface area contributed by atoms with Crippen molar-refractivity contribution in [1.82, 2.24) is 9.80 Å². The zero-order valence-corrected chi connectivity index (χ0v) is 12.8. The molecule has 0 saturated carbocycles. The molecular formula is C16H22F2N2O2. The number of amides is 1. The third-order valence-electron chi connectivity index (χ3n) is 4.24. The van der Waals surface area contributed by atoms with Crippen LogP contribution in [0.3, 0.4) is 0 Å². The second-order valence-corrected chi connectivity index (χ2v) is 5.55. The molecule has 122 valence electrons. The van der Waals surface area contributed by atoms with Gasteiger partial charge in [0.2, 0.25) is 5.91 Å². The van der Waals surface area contributed by atoms with E-state index in [9.17, 15) is 18.7 Å². The van der Waals surface area contributed by atoms with Crippen molar-refractivity contribution in [3.05, 3.63) is 35.4 Å². The van der Waals surface area contributed by atoms with Crippen molar-refractivity contribution in [1.29, 1.82) is 0 Å². The Kier molecular flexibility index (Phi) is 5.85. The van der Waals surface area contributed by atoms with Gasteiger partial charge in [0.05, 0.1) is 13.0 Å². The predicted molar refractivity (Wildman–Crippen MR) is 79.4 cm³/mol. The number of aliphatic hydroxyl groups is 1. The van der Waals surface area contributed by atoms with Crippen LogP contribution in [0.4, 0.5) is 8.78 Å². The Morgan fingerprint density at radius 1 is 1.27 bits per heavy atom. The van der Waals surface area contributed by atoms with E-state index in [0.29, 0.717) is 26.2 Å². The van der Waals surface area contributed by atoms with Gasteiger partial charge in [0.25, 0.3) is 0 Å².